The molecule has 216 valence electrons. The molecule has 0 aliphatic heterocycles. The quantitative estimate of drug-likeness (QED) is 0.133. The first-order valence-electron chi connectivity index (χ1n) is 13.7. The van der Waals surface area contributed by atoms with E-state index < -0.39 is 17.6 Å². The summed E-state index contributed by atoms with van der Waals surface area (Å²) in [7, 11) is 0. The molecule has 0 aliphatic rings. The Morgan fingerprint density at radius 1 is 0.786 bits per heavy atom. The molecule has 0 radical (unpaired) electrons. The van der Waals surface area contributed by atoms with Crippen LogP contribution in [0.15, 0.2) is 109 Å². The Morgan fingerprint density at radius 3 is 2.07 bits per heavy atom. The number of allylic oxidation sites excluding steroid dienone is 1. The molecule has 0 unspecified atom stereocenters. The van der Waals surface area contributed by atoms with Crippen molar-refractivity contribution in [1.29, 1.82) is 0 Å². The number of carbonyl (C=O) groups is 2. The molecule has 1 N–H and O–H groups in total. The summed E-state index contributed by atoms with van der Waals surface area (Å²) in [5.74, 6) is -0.212. The molecule has 7 heteroatoms. The Kier molecular flexibility index (Phi) is 10.3. The second kappa shape index (κ2) is 14.1. The molecule has 0 fully saturated rings. The molecule has 0 aromatic heterocycles. The van der Waals surface area contributed by atoms with Crippen molar-refractivity contribution in [2.45, 2.75) is 45.1 Å². The largest absolute Gasteiger partial charge is 0.478 e. The third-order valence-corrected chi connectivity index (χ3v) is 7.08. The van der Waals surface area contributed by atoms with Crippen molar-refractivity contribution in [3.05, 3.63) is 136 Å². The van der Waals surface area contributed by atoms with Crippen LogP contribution in [-0.4, -0.2) is 17.3 Å². The lowest BCUT2D eigenvalue weighted by Crippen LogP contribution is -2.42. The highest BCUT2D eigenvalue weighted by atomic mass is 35.5. The minimum Gasteiger partial charge on any atom is -0.478 e. The van der Waals surface area contributed by atoms with Gasteiger partial charge < -0.3 is 10.1 Å². The van der Waals surface area contributed by atoms with Crippen LogP contribution in [0.25, 0.3) is 5.57 Å². The number of ketones is 1. The van der Waals surface area contributed by atoms with Gasteiger partial charge in [0.1, 0.15) is 5.75 Å². The average Bonchev–Trinajstić information content (AvgIpc) is 2.98. The number of halogens is 3. The van der Waals surface area contributed by atoms with Crippen LogP contribution in [0.2, 0.25) is 5.02 Å². The second-order valence-electron chi connectivity index (χ2n) is 10.4. The summed E-state index contributed by atoms with van der Waals surface area (Å²) in [5.41, 5.74) is 1.59. The normalized spacial score (nSPS) is 11.1. The predicted molar refractivity (Wildman–Crippen MR) is 164 cm³/mol. The Balaban J connectivity index is 1.36. The van der Waals surface area contributed by atoms with Gasteiger partial charge in [-0.3, -0.25) is 9.59 Å². The maximum atomic E-state index is 13.9. The molecule has 4 aromatic rings. The van der Waals surface area contributed by atoms with Crippen molar-refractivity contribution in [3.8, 4) is 5.75 Å². The fraction of sp³-hybridized carbons (Fsp3) is 0.200. The standard InChI is InChI=1S/C35H32ClF2NO3/c1-35(2,42-30-21-17-26(18-22-30)32(40)25-15-19-28(36)20-16-25)34(41)39-29-13-8-12-27(23-29)31(33(37)38)14-7-6-11-24-9-4-3-5-10-24/h3-5,8-10,12-13,15-23H,6-7,11,14H2,1-2H3,(H,39,41). The number of rotatable bonds is 12. The van der Waals surface area contributed by atoms with Crippen LogP contribution in [0.1, 0.15) is 60.2 Å². The molecule has 42 heavy (non-hydrogen) atoms. The van der Waals surface area contributed by atoms with Crippen molar-refractivity contribution < 1.29 is 23.1 Å². The van der Waals surface area contributed by atoms with E-state index in [4.69, 9.17) is 16.3 Å². The lowest BCUT2D eigenvalue weighted by molar-refractivity contribution is -0.128. The minimum atomic E-state index is -1.72. The zero-order chi connectivity index (χ0) is 30.1. The highest BCUT2D eigenvalue weighted by Gasteiger charge is 2.30. The van der Waals surface area contributed by atoms with Crippen molar-refractivity contribution in [2.75, 3.05) is 5.32 Å². The van der Waals surface area contributed by atoms with Crippen LogP contribution in [0.4, 0.5) is 14.5 Å². The lowest BCUT2D eigenvalue weighted by Gasteiger charge is -2.25. The maximum absolute atomic E-state index is 13.9. The number of benzene rings is 4. The summed E-state index contributed by atoms with van der Waals surface area (Å²) < 4.78 is 33.7. The van der Waals surface area contributed by atoms with Gasteiger partial charge in [-0.05, 0) is 111 Å². The number of nitrogens with one attached hydrogen (secondary N) is 1. The molecular weight excluding hydrogens is 556 g/mol. The molecule has 0 aliphatic carbocycles. The fourth-order valence-electron chi connectivity index (χ4n) is 4.47. The number of hydrogen-bond donors (Lipinski definition) is 1. The summed E-state index contributed by atoms with van der Waals surface area (Å²) in [5, 5.41) is 3.33. The number of ether oxygens (including phenoxy) is 1. The van der Waals surface area contributed by atoms with E-state index in [0.29, 0.717) is 39.6 Å². The first kappa shape index (κ1) is 30.7. The van der Waals surface area contributed by atoms with Gasteiger partial charge in [-0.1, -0.05) is 54.1 Å². The molecule has 0 atom stereocenters. The van der Waals surface area contributed by atoms with E-state index in [1.54, 1.807) is 86.6 Å². The van der Waals surface area contributed by atoms with Gasteiger partial charge in [0.15, 0.2) is 11.4 Å². The first-order chi connectivity index (χ1) is 20.1. The Labute approximate surface area is 250 Å². The number of anilines is 1. The predicted octanol–water partition coefficient (Wildman–Crippen LogP) is 9.39. The number of carbonyl (C=O) groups excluding carboxylic acids is 2. The van der Waals surface area contributed by atoms with E-state index >= 15 is 0 Å². The van der Waals surface area contributed by atoms with E-state index in [0.717, 1.165) is 12.8 Å². The summed E-state index contributed by atoms with van der Waals surface area (Å²) in [6.07, 6.45) is 0.744. The summed E-state index contributed by atoms with van der Waals surface area (Å²) in [6.45, 7) is 3.22. The van der Waals surface area contributed by atoms with Gasteiger partial charge in [0.2, 0.25) is 0 Å². The van der Waals surface area contributed by atoms with E-state index in [1.807, 2.05) is 30.3 Å². The number of unbranched alkanes of at least 4 members (excludes halogenated alkanes) is 1. The SMILES string of the molecule is CC(C)(Oc1ccc(C(=O)c2ccc(Cl)cc2)cc1)C(=O)Nc1cccc(C(CCCCc2ccccc2)=C(F)F)c1. The molecule has 0 bridgehead atoms. The van der Waals surface area contributed by atoms with Crippen LogP contribution in [-0.2, 0) is 11.2 Å². The molecular formula is C35H32ClF2NO3. The van der Waals surface area contributed by atoms with Crippen molar-refractivity contribution in [3.63, 3.8) is 0 Å². The van der Waals surface area contributed by atoms with Gasteiger partial charge in [0, 0.05) is 27.4 Å². The van der Waals surface area contributed by atoms with Gasteiger partial charge in [0.05, 0.1) is 0 Å². The fourth-order valence-corrected chi connectivity index (χ4v) is 4.60. The molecule has 0 heterocycles. The van der Waals surface area contributed by atoms with E-state index in [9.17, 15) is 18.4 Å². The maximum Gasteiger partial charge on any atom is 0.274 e. The smallest absolute Gasteiger partial charge is 0.274 e. The molecule has 4 rings (SSSR count). The van der Waals surface area contributed by atoms with Crippen LogP contribution in [0, 0.1) is 0 Å². The Hall–Kier alpha value is -4.29. The Morgan fingerprint density at radius 2 is 1.43 bits per heavy atom. The zero-order valence-corrected chi connectivity index (χ0v) is 24.3. The summed E-state index contributed by atoms with van der Waals surface area (Å²) in [6, 6.07) is 29.5. The monoisotopic (exact) mass is 587 g/mol. The molecule has 4 aromatic carbocycles. The molecule has 0 saturated carbocycles. The van der Waals surface area contributed by atoms with Gasteiger partial charge in [-0.25, -0.2) is 0 Å². The minimum absolute atomic E-state index is 0.0251. The highest BCUT2D eigenvalue weighted by molar-refractivity contribution is 6.30. The van der Waals surface area contributed by atoms with Crippen LogP contribution < -0.4 is 10.1 Å². The van der Waals surface area contributed by atoms with E-state index in [-0.39, 0.29) is 17.8 Å². The van der Waals surface area contributed by atoms with Crippen molar-refractivity contribution in [1.82, 2.24) is 0 Å². The van der Waals surface area contributed by atoms with Crippen LogP contribution in [0.3, 0.4) is 0 Å². The van der Waals surface area contributed by atoms with Gasteiger partial charge in [0.25, 0.3) is 12.0 Å². The average molecular weight is 588 g/mol. The second-order valence-corrected chi connectivity index (χ2v) is 10.9. The lowest BCUT2D eigenvalue weighted by atomic mass is 9.98. The molecule has 0 spiro atoms. The third kappa shape index (κ3) is 8.37. The number of amides is 1. The summed E-state index contributed by atoms with van der Waals surface area (Å²) in [4.78, 5) is 25.8. The van der Waals surface area contributed by atoms with Crippen molar-refractivity contribution >= 4 is 34.6 Å². The Bertz CT molecular complexity index is 1550. The van der Waals surface area contributed by atoms with Crippen molar-refractivity contribution in [2.24, 2.45) is 0 Å². The molecule has 4 nitrogen and oxygen atoms in total. The number of hydrogen-bond acceptors (Lipinski definition) is 3. The first-order valence-corrected chi connectivity index (χ1v) is 14.1. The third-order valence-electron chi connectivity index (χ3n) is 6.82. The molecule has 0 saturated heterocycles. The van der Waals surface area contributed by atoms with Gasteiger partial charge in [-0.15, -0.1) is 0 Å². The van der Waals surface area contributed by atoms with E-state index in [2.05, 4.69) is 5.32 Å². The van der Waals surface area contributed by atoms with E-state index in [1.165, 1.54) is 5.56 Å². The van der Waals surface area contributed by atoms with Gasteiger partial charge in [-0.2, -0.15) is 8.78 Å². The summed E-state index contributed by atoms with van der Waals surface area (Å²) >= 11 is 5.90. The van der Waals surface area contributed by atoms with Crippen LogP contribution in [0.5, 0.6) is 5.75 Å². The topological polar surface area (TPSA) is 55.4 Å². The van der Waals surface area contributed by atoms with Gasteiger partial charge >= 0.3 is 0 Å². The van der Waals surface area contributed by atoms with Crippen LogP contribution >= 0.6 is 11.6 Å². The molecule has 1 amide bonds. The number of aryl methyl sites for hydroxylation is 1. The zero-order valence-electron chi connectivity index (χ0n) is 23.5. The highest BCUT2D eigenvalue weighted by Crippen LogP contribution is 2.29.